The average Bonchev–Trinajstić information content (AvgIpc) is 1.84. The van der Waals surface area contributed by atoms with E-state index >= 15 is 0 Å². The molecule has 3 saturated heterocycles. The Morgan fingerprint density at radius 3 is 1.08 bits per heavy atom. The number of amides is 11. The number of nitrogens with one attached hydrogen (secondary N) is 11. The van der Waals surface area contributed by atoms with Gasteiger partial charge in [0, 0.05) is 65.8 Å². The number of carboxylic acids is 1. The van der Waals surface area contributed by atoms with Gasteiger partial charge in [-0.05, 0) is 153 Å². The van der Waals surface area contributed by atoms with E-state index in [0.717, 1.165) is 35.7 Å². The lowest BCUT2D eigenvalue weighted by molar-refractivity contribution is -0.159. The van der Waals surface area contributed by atoms with Crippen molar-refractivity contribution >= 4 is 240 Å². The van der Waals surface area contributed by atoms with Gasteiger partial charge in [-0.1, -0.05) is 203 Å². The van der Waals surface area contributed by atoms with Gasteiger partial charge in [-0.2, -0.15) is 47.0 Å². The zero-order valence-corrected chi connectivity index (χ0v) is 94.3. The second-order valence-electron chi connectivity index (χ2n) is 35.1. The summed E-state index contributed by atoms with van der Waals surface area (Å²) >= 11 is 6.20. The van der Waals surface area contributed by atoms with Gasteiger partial charge in [0.1, 0.15) is 85.1 Å². The van der Waals surface area contributed by atoms with Crippen LogP contribution in [-0.2, 0) is 110 Å². The second-order valence-corrected chi connectivity index (χ2v) is 49.5. The highest BCUT2D eigenvalue weighted by atomic mass is 33.1. The topological polar surface area (TPSA) is 515 Å². The molecule has 0 saturated carbocycles. The Labute approximate surface area is 900 Å². The average molecular weight is 2250 g/mol. The number of allylic oxidation sites excluding steroid dienone is 5. The minimum atomic E-state index is -1.07. The van der Waals surface area contributed by atoms with E-state index in [1.165, 1.54) is 73.6 Å². The fraction of sp³-hybridized carbons (Fsp3) is 0.670. The summed E-state index contributed by atoms with van der Waals surface area (Å²) in [5.74, 6) is -2.33. The summed E-state index contributed by atoms with van der Waals surface area (Å²) in [6.07, 6.45) is 23.3. The Balaban J connectivity index is 0.000000346. The van der Waals surface area contributed by atoms with Crippen LogP contribution in [0, 0.1) is 23.7 Å². The van der Waals surface area contributed by atoms with Crippen LogP contribution in [-0.4, -0.2) is 316 Å². The first-order valence-corrected chi connectivity index (χ1v) is 64.3. The molecule has 0 spiro atoms. The maximum atomic E-state index is 13.8. The van der Waals surface area contributed by atoms with Gasteiger partial charge in [-0.3, -0.25) is 71.9 Å². The Bertz CT molecular complexity index is 4410. The maximum Gasteiger partial charge on any atom is 0.338 e. The molecule has 36 nitrogen and oxygen atoms in total. The number of rotatable bonds is 26. The van der Waals surface area contributed by atoms with Crippen LogP contribution in [0.5, 0.6) is 0 Å². The summed E-state index contributed by atoms with van der Waals surface area (Å²) in [5.41, 5.74) is 0.301. The Morgan fingerprint density at radius 2 is 0.738 bits per heavy atom. The van der Waals surface area contributed by atoms with E-state index in [4.69, 9.17) is 28.4 Å². The fourth-order valence-electron chi connectivity index (χ4n) is 15.0. The number of carbonyl (C=O) groups is 18. The van der Waals surface area contributed by atoms with Crippen LogP contribution >= 0.6 is 133 Å². The molecular weight excluding hydrogens is 2100 g/mol. The van der Waals surface area contributed by atoms with E-state index in [1.807, 2.05) is 97.8 Å². The van der Waals surface area contributed by atoms with Gasteiger partial charge < -0.3 is 96.8 Å². The molecule has 48 heteroatoms. The van der Waals surface area contributed by atoms with Crippen molar-refractivity contribution in [2.24, 2.45) is 23.7 Å². The van der Waals surface area contributed by atoms with Gasteiger partial charge in [0.05, 0.1) is 74.9 Å². The van der Waals surface area contributed by atoms with E-state index in [2.05, 4.69) is 64.6 Å². The molecule has 21 atom stereocenters. The first-order chi connectivity index (χ1) is 69.6. The third-order valence-electron chi connectivity index (χ3n) is 23.5. The van der Waals surface area contributed by atoms with E-state index in [0.29, 0.717) is 111 Å². The van der Waals surface area contributed by atoms with Crippen LogP contribution in [0.1, 0.15) is 188 Å². The molecule has 1 aromatic carbocycles. The molecule has 11 amide bonds. The number of ether oxygens (including phenoxy) is 6. The predicted molar refractivity (Wildman–Crippen MR) is 587 cm³/mol. The largest absolute Gasteiger partial charge is 0.480 e. The third kappa shape index (κ3) is 51.6. The molecule has 0 aliphatic carbocycles. The Morgan fingerprint density at radius 1 is 0.414 bits per heavy atom. The number of carboxylic acid groups (broad SMARTS) is 1. The summed E-state index contributed by atoms with van der Waals surface area (Å²) in [6.45, 7) is 14.9. The van der Waals surface area contributed by atoms with Crippen molar-refractivity contribution in [3.63, 3.8) is 0 Å². The monoisotopic (exact) mass is 2250 g/mol. The fourth-order valence-corrected chi connectivity index (χ4v) is 25.5. The lowest BCUT2D eigenvalue weighted by Gasteiger charge is -2.33. The lowest BCUT2D eigenvalue weighted by atomic mass is 9.92. The van der Waals surface area contributed by atoms with E-state index in [9.17, 15) is 91.4 Å². The van der Waals surface area contributed by atoms with E-state index < -0.39 is 198 Å². The highest BCUT2D eigenvalue weighted by molar-refractivity contribution is 8.77. The molecule has 0 radical (unpaired) electrons. The zero-order chi connectivity index (χ0) is 107. The Kier molecular flexibility index (Phi) is 65.6. The standard InChI is InChI=1S/C30H41N3O7S3.C26H41N3O7S3.C25H39N3O7S3.C16H26N2O4S3/c1-4-19(2)27-24(40-30(38)20-10-6-5-7-11-20)17-26(35)39-21-12-8-9-14-42-43-18-23(29(37)33-27)32-28(36)22(13-15-41-3)31-25(34)16-21;1-4-17(2)24-21(35-11-7-10-30)15-23(32)36-18-8-5-6-12-38-39-16-20(26(34)29-24)28-25(33)19(9-13-37-3)27-22(31)14-18;1-5-15(2)23-20(34-16(3)29)13-22(31)35-17-8-6-7-10-37-38-14-19(25(33)28-23)27-24(32)18(9-11-36-4)26-21(30)12-17;1-11-5-3-4-7-24-25-10-13(16(21)22)18-15(20)12(6-8-23-2)17-14(19)9-11/h5-8,10-12,19,21-24,27H,4,9,13-18H2,1-3H3,(H,31,34)(H,32,36)(H,33,37);5,8,10,17-21,24H,4,6-7,9,11-16H2,1-3H3,(H,27,31)(H,28,33)(H,29,34);6,8,15,17-20,23H,5,7,9-14H2,1-4H3,(H,26,30)(H,27,32)(H,28,33);3,5,11-13H,4,6-10H2,1-2H3,(H,17,19)(H,18,20)(H,21,22)/b12-8+;8-5+;8-6+;5-3+/t19?,21-,22-,23-,24+,27-;17?,18-,19-,20-,21+,24-;15?,17-,18-,19-,20+,23-;11?,12-,13-/m1111/s1. The van der Waals surface area contributed by atoms with Crippen molar-refractivity contribution in [1.82, 2.24) is 58.5 Å². The van der Waals surface area contributed by atoms with Crippen LogP contribution in [0.25, 0.3) is 0 Å². The number of aliphatic carboxylic acids is 1. The number of thioether (sulfide) groups is 4. The van der Waals surface area contributed by atoms with Crippen molar-refractivity contribution in [3.05, 3.63) is 84.5 Å². The Hall–Kier alpha value is -7.00. The summed E-state index contributed by atoms with van der Waals surface area (Å²) in [5, 5.41) is 40.5. The molecule has 145 heavy (non-hydrogen) atoms. The molecule has 812 valence electrons. The van der Waals surface area contributed by atoms with Crippen LogP contribution in [0.15, 0.2) is 78.9 Å². The van der Waals surface area contributed by atoms with E-state index in [1.54, 1.807) is 115 Å². The summed E-state index contributed by atoms with van der Waals surface area (Å²) in [7, 11) is 12.2. The lowest BCUT2D eigenvalue weighted by Crippen LogP contribution is -2.58. The quantitative estimate of drug-likeness (QED) is 0.0102. The minimum Gasteiger partial charge on any atom is -0.480 e. The molecule has 4 unspecified atom stereocenters. The summed E-state index contributed by atoms with van der Waals surface area (Å²) < 4.78 is 34.5. The molecule has 12 N–H and O–H groups in total. The van der Waals surface area contributed by atoms with Crippen molar-refractivity contribution in [2.75, 3.05) is 101 Å². The van der Waals surface area contributed by atoms with Crippen LogP contribution in [0.3, 0.4) is 0 Å². The van der Waals surface area contributed by atoms with Gasteiger partial charge in [0.15, 0.2) is 0 Å². The number of carbonyl (C=O) groups excluding carboxylic acids is 17. The smallest absolute Gasteiger partial charge is 0.338 e. The van der Waals surface area contributed by atoms with Gasteiger partial charge >= 0.3 is 35.8 Å². The maximum absolute atomic E-state index is 13.8. The van der Waals surface area contributed by atoms with Gasteiger partial charge in [0.25, 0.3) is 0 Å². The minimum absolute atomic E-state index is 0.0795. The number of aldehydes is 1. The normalized spacial score (nSPS) is 28.7. The number of fused-ring (bicyclic) bond motifs is 21. The summed E-state index contributed by atoms with van der Waals surface area (Å²) in [4.78, 5) is 232. The van der Waals surface area contributed by atoms with Crippen LogP contribution in [0.4, 0.5) is 0 Å². The number of hydrogen-bond acceptors (Lipinski definition) is 36. The predicted octanol–water partition coefficient (Wildman–Crippen LogP) is 10.2. The first-order valence-electron chi connectivity index (χ1n) is 48.8. The molecule has 7 aliphatic rings. The third-order valence-corrected chi connectivity index (χ3v) is 35.9. The second kappa shape index (κ2) is 74.0. The first kappa shape index (κ1) is 128. The number of hydrogen-bond donors (Lipinski definition) is 12. The molecule has 7 heterocycles. The molecule has 1 aromatic rings. The zero-order valence-electron chi connectivity index (χ0n) is 84.5. The van der Waals surface area contributed by atoms with Crippen molar-refractivity contribution in [1.29, 1.82) is 0 Å². The SMILES string of the molecule is CCC(C)[C@H]1NC(=O)[C@H]2CSSCC/C=C/[C@H](CC(=O)N[C@H](CCSC)C(=O)N2)OC(=O)C[C@@H]1OC(=O)c1ccccc1.CCC(C)[C@H]1NC(=O)[C@H]2CSSCC/C=C/[C@H](CC(=O)N[C@H](CCSC)C(=O)N2)OC(=O)C[C@@H]1OC(C)=O.CCC(C)[C@H]1NC(=O)[C@H]2CSSCC/C=C/[C@H](CC(=O)N[C@H](CCSC)C(=O)N2)OC(=O)C[C@@H]1OCCC=O.CSCC[C@H]1NC(=O)CC(C)/C=C/CCSSC[C@H](C(=O)O)NC1=O. The van der Waals surface area contributed by atoms with Gasteiger partial charge in [-0.25, -0.2) is 9.59 Å². The highest BCUT2D eigenvalue weighted by Crippen LogP contribution is 2.32. The summed E-state index contributed by atoms with van der Waals surface area (Å²) in [6, 6.07) is -0.536. The molecular formula is C97H147N11O25S12. The number of esters is 5. The van der Waals surface area contributed by atoms with Gasteiger partial charge in [0.2, 0.25) is 65.0 Å². The van der Waals surface area contributed by atoms with Crippen molar-refractivity contribution in [3.8, 4) is 0 Å². The molecule has 8 rings (SSSR count). The van der Waals surface area contributed by atoms with E-state index in [-0.39, 0.29) is 92.6 Å². The molecule has 0 aromatic heterocycles. The van der Waals surface area contributed by atoms with Gasteiger partial charge in [-0.15, -0.1) is 0 Å². The van der Waals surface area contributed by atoms with Crippen molar-refractivity contribution < 1.29 is 120 Å². The van der Waals surface area contributed by atoms with Crippen LogP contribution < -0.4 is 58.5 Å². The number of benzene rings is 1. The van der Waals surface area contributed by atoms with Crippen molar-refractivity contribution in [2.45, 2.75) is 280 Å². The molecule has 6 bridgehead atoms. The molecule has 7 aliphatic heterocycles. The highest BCUT2D eigenvalue weighted by Gasteiger charge is 2.42. The van der Waals surface area contributed by atoms with Crippen LogP contribution in [0.2, 0.25) is 0 Å². The molecule has 3 fully saturated rings.